The van der Waals surface area contributed by atoms with Crippen molar-refractivity contribution < 1.29 is 9.47 Å². The van der Waals surface area contributed by atoms with Crippen LogP contribution in [-0.4, -0.2) is 5.60 Å². The highest BCUT2D eigenvalue weighted by Crippen LogP contribution is 2.34. The lowest BCUT2D eigenvalue weighted by molar-refractivity contribution is 0.159. The average Bonchev–Trinajstić information content (AvgIpc) is 2.39. The van der Waals surface area contributed by atoms with Crippen LogP contribution in [0.15, 0.2) is 54.6 Å². The second-order valence-corrected chi connectivity index (χ2v) is 5.15. The Morgan fingerprint density at radius 3 is 2.53 bits per heavy atom. The molecule has 0 aromatic heterocycles. The molecule has 1 aliphatic rings. The van der Waals surface area contributed by atoms with E-state index < -0.39 is 0 Å². The monoisotopic (exact) mass is 252 g/mol. The van der Waals surface area contributed by atoms with Crippen LogP contribution < -0.4 is 9.47 Å². The van der Waals surface area contributed by atoms with Gasteiger partial charge in [-0.15, -0.1) is 0 Å². The van der Waals surface area contributed by atoms with E-state index in [1.165, 1.54) is 0 Å². The van der Waals surface area contributed by atoms with Gasteiger partial charge in [0.25, 0.3) is 0 Å². The van der Waals surface area contributed by atoms with E-state index in [1.54, 1.807) is 0 Å². The Morgan fingerprint density at radius 1 is 0.947 bits per heavy atom. The first kappa shape index (κ1) is 11.8. The molecule has 0 unspecified atom stereocenters. The minimum absolute atomic E-state index is 0.241. The number of rotatable bonds is 2. The minimum Gasteiger partial charge on any atom is -0.483 e. The summed E-state index contributed by atoms with van der Waals surface area (Å²) >= 11 is 0. The molecule has 0 fully saturated rings. The Hall–Kier alpha value is -2.22. The van der Waals surface area contributed by atoms with Gasteiger partial charge in [0.15, 0.2) is 0 Å². The Balaban J connectivity index is 1.87. The second-order valence-electron chi connectivity index (χ2n) is 5.15. The molecule has 0 atom stereocenters. The van der Waals surface area contributed by atoms with Crippen molar-refractivity contribution in [2.45, 2.75) is 19.4 Å². The van der Waals surface area contributed by atoms with Crippen molar-refractivity contribution in [2.24, 2.45) is 0 Å². The number of ether oxygens (including phenoxy) is 2. The summed E-state index contributed by atoms with van der Waals surface area (Å²) in [5.41, 5.74) is 0.808. The van der Waals surface area contributed by atoms with Crippen molar-refractivity contribution in [1.82, 2.24) is 0 Å². The van der Waals surface area contributed by atoms with Gasteiger partial charge in [0.2, 0.25) is 0 Å². The molecular formula is C17H16O2. The molecule has 19 heavy (non-hydrogen) atoms. The Bertz CT molecular complexity index is 612. The first-order chi connectivity index (χ1) is 9.12. The lowest BCUT2D eigenvalue weighted by atomic mass is 10.0. The van der Waals surface area contributed by atoms with Gasteiger partial charge in [-0.2, -0.15) is 0 Å². The number of hydrogen-bond donors (Lipinski definition) is 0. The third kappa shape index (κ3) is 2.63. The van der Waals surface area contributed by atoms with Gasteiger partial charge in [0, 0.05) is 5.56 Å². The molecule has 2 aromatic carbocycles. The minimum atomic E-state index is -0.241. The van der Waals surface area contributed by atoms with Crippen molar-refractivity contribution in [1.29, 1.82) is 0 Å². The summed E-state index contributed by atoms with van der Waals surface area (Å²) in [7, 11) is 0. The maximum atomic E-state index is 5.88. The quantitative estimate of drug-likeness (QED) is 0.773. The maximum Gasteiger partial charge on any atom is 0.128 e. The van der Waals surface area contributed by atoms with Crippen molar-refractivity contribution in [3.05, 3.63) is 60.2 Å². The number of benzene rings is 2. The van der Waals surface area contributed by atoms with Crippen molar-refractivity contribution >= 4 is 6.08 Å². The highest BCUT2D eigenvalue weighted by molar-refractivity contribution is 5.63. The van der Waals surface area contributed by atoms with Crippen LogP contribution in [0, 0.1) is 0 Å². The van der Waals surface area contributed by atoms with Crippen LogP contribution in [0.1, 0.15) is 19.4 Å². The van der Waals surface area contributed by atoms with Gasteiger partial charge in [0.05, 0.1) is 0 Å². The summed E-state index contributed by atoms with van der Waals surface area (Å²) in [6.45, 7) is 4.08. The fourth-order valence-corrected chi connectivity index (χ4v) is 2.05. The predicted octanol–water partition coefficient (Wildman–Crippen LogP) is 4.66. The molecular weight excluding hydrogens is 236 g/mol. The third-order valence-electron chi connectivity index (χ3n) is 3.00. The van der Waals surface area contributed by atoms with Gasteiger partial charge in [-0.3, -0.25) is 0 Å². The smallest absolute Gasteiger partial charge is 0.128 e. The zero-order valence-electron chi connectivity index (χ0n) is 11.1. The topological polar surface area (TPSA) is 18.5 Å². The van der Waals surface area contributed by atoms with Crippen LogP contribution in [0.25, 0.3) is 6.08 Å². The molecule has 0 saturated heterocycles. The van der Waals surface area contributed by atoms with E-state index in [9.17, 15) is 0 Å². The van der Waals surface area contributed by atoms with Crippen molar-refractivity contribution in [3.8, 4) is 17.2 Å². The van der Waals surface area contributed by atoms with Crippen LogP contribution in [0.2, 0.25) is 0 Å². The second kappa shape index (κ2) is 4.47. The first-order valence-corrected chi connectivity index (χ1v) is 6.38. The molecule has 0 spiro atoms. The van der Waals surface area contributed by atoms with Crippen LogP contribution in [0.5, 0.6) is 17.2 Å². The largest absolute Gasteiger partial charge is 0.483 e. The van der Waals surface area contributed by atoms with Gasteiger partial charge in [-0.05, 0) is 50.3 Å². The van der Waals surface area contributed by atoms with Crippen LogP contribution in [-0.2, 0) is 0 Å². The fourth-order valence-electron chi connectivity index (χ4n) is 2.05. The Labute approximate surface area is 113 Å². The summed E-state index contributed by atoms with van der Waals surface area (Å²) in [4.78, 5) is 0. The van der Waals surface area contributed by atoms with E-state index in [1.807, 2.05) is 62.4 Å². The van der Waals surface area contributed by atoms with Crippen LogP contribution >= 0.6 is 0 Å². The molecule has 0 aliphatic carbocycles. The molecule has 1 heterocycles. The lowest BCUT2D eigenvalue weighted by Gasteiger charge is -2.27. The van der Waals surface area contributed by atoms with Crippen LogP contribution in [0.3, 0.4) is 0 Å². The highest BCUT2D eigenvalue weighted by Gasteiger charge is 2.21. The Morgan fingerprint density at radius 2 is 1.74 bits per heavy atom. The molecule has 0 amide bonds. The maximum absolute atomic E-state index is 5.88. The van der Waals surface area contributed by atoms with E-state index in [4.69, 9.17) is 9.47 Å². The first-order valence-electron chi connectivity index (χ1n) is 6.38. The molecule has 0 saturated carbocycles. The molecule has 2 nitrogen and oxygen atoms in total. The zero-order chi connectivity index (χ0) is 13.3. The summed E-state index contributed by atoms with van der Waals surface area (Å²) in [5, 5.41) is 0. The molecule has 2 heteroatoms. The van der Waals surface area contributed by atoms with E-state index in [0.29, 0.717) is 0 Å². The number of para-hydroxylation sites is 1. The number of hydrogen-bond acceptors (Lipinski definition) is 2. The average molecular weight is 252 g/mol. The van der Waals surface area contributed by atoms with Gasteiger partial charge >= 0.3 is 0 Å². The molecule has 1 aliphatic heterocycles. The molecule has 2 aromatic rings. The summed E-state index contributed by atoms with van der Waals surface area (Å²) < 4.78 is 11.7. The Kier molecular flexibility index (Phi) is 2.79. The van der Waals surface area contributed by atoms with Crippen LogP contribution in [0.4, 0.5) is 0 Å². The van der Waals surface area contributed by atoms with E-state index in [-0.39, 0.29) is 5.60 Å². The van der Waals surface area contributed by atoms with Gasteiger partial charge < -0.3 is 9.47 Å². The molecule has 0 N–H and O–H groups in total. The summed E-state index contributed by atoms with van der Waals surface area (Å²) in [6.07, 6.45) is 4.14. The van der Waals surface area contributed by atoms with E-state index >= 15 is 0 Å². The van der Waals surface area contributed by atoms with Crippen molar-refractivity contribution in [2.75, 3.05) is 0 Å². The SMILES string of the molecule is CC1(C)C=Cc2cc(Oc3ccccc3)ccc2O1. The molecule has 3 rings (SSSR count). The van der Waals surface area contributed by atoms with Gasteiger partial charge in [-0.25, -0.2) is 0 Å². The highest BCUT2D eigenvalue weighted by atomic mass is 16.5. The summed E-state index contributed by atoms with van der Waals surface area (Å²) in [5.74, 6) is 2.55. The number of fused-ring (bicyclic) bond motifs is 1. The third-order valence-corrected chi connectivity index (χ3v) is 3.00. The molecule has 0 bridgehead atoms. The standard InChI is InChI=1S/C17H16O2/c1-17(2)11-10-13-12-15(8-9-16(13)19-17)18-14-6-4-3-5-7-14/h3-12H,1-2H3. The summed E-state index contributed by atoms with van der Waals surface area (Å²) in [6, 6.07) is 15.6. The van der Waals surface area contributed by atoms with E-state index in [2.05, 4.69) is 12.2 Å². The lowest BCUT2D eigenvalue weighted by Crippen LogP contribution is -2.27. The zero-order valence-corrected chi connectivity index (χ0v) is 11.1. The van der Waals surface area contributed by atoms with Gasteiger partial charge in [0.1, 0.15) is 22.8 Å². The molecule has 96 valence electrons. The van der Waals surface area contributed by atoms with Crippen molar-refractivity contribution in [3.63, 3.8) is 0 Å². The predicted molar refractivity (Wildman–Crippen MR) is 76.7 cm³/mol. The fraction of sp³-hybridized carbons (Fsp3) is 0.176. The van der Waals surface area contributed by atoms with E-state index in [0.717, 1.165) is 22.8 Å². The molecule has 0 radical (unpaired) electrons. The van der Waals surface area contributed by atoms with Gasteiger partial charge in [-0.1, -0.05) is 24.3 Å². The normalized spacial score (nSPS) is 15.5.